The topological polar surface area (TPSA) is 61.4 Å². The largest absolute Gasteiger partial charge is 0.356 e. The van der Waals surface area contributed by atoms with Crippen LogP contribution >= 0.6 is 11.3 Å². The van der Waals surface area contributed by atoms with Gasteiger partial charge in [-0.15, -0.1) is 11.3 Å². The van der Waals surface area contributed by atoms with Crippen molar-refractivity contribution in [2.24, 2.45) is 5.92 Å². The zero-order valence-electron chi connectivity index (χ0n) is 14.4. The van der Waals surface area contributed by atoms with E-state index in [0.717, 1.165) is 19.4 Å². The molecule has 1 saturated heterocycles. The molecule has 6 heteroatoms. The number of thiophene rings is 1. The first-order valence-corrected chi connectivity index (χ1v) is 9.14. The van der Waals surface area contributed by atoms with Crippen LogP contribution in [0.4, 0.5) is 4.79 Å². The Kier molecular flexibility index (Phi) is 6.04. The molecule has 0 radical (unpaired) electrons. The quantitative estimate of drug-likeness (QED) is 0.887. The molecule has 0 bridgehead atoms. The molecule has 0 spiro atoms. The Balaban J connectivity index is 1.94. The van der Waals surface area contributed by atoms with Crippen LogP contribution in [0.5, 0.6) is 0 Å². The number of carbonyl (C=O) groups is 2. The van der Waals surface area contributed by atoms with Crippen LogP contribution in [0.3, 0.4) is 0 Å². The molecule has 2 N–H and O–H groups in total. The minimum absolute atomic E-state index is 0.0164. The average molecular weight is 337 g/mol. The van der Waals surface area contributed by atoms with Gasteiger partial charge in [-0.1, -0.05) is 0 Å². The normalized spacial score (nSPS) is 19.3. The van der Waals surface area contributed by atoms with Crippen LogP contribution in [0, 0.1) is 19.8 Å². The van der Waals surface area contributed by atoms with E-state index < -0.39 is 0 Å². The highest BCUT2D eigenvalue weighted by Gasteiger charge is 2.28. The number of hydrogen-bond donors (Lipinski definition) is 2. The molecule has 5 nitrogen and oxygen atoms in total. The Morgan fingerprint density at radius 2 is 2.17 bits per heavy atom. The fraction of sp³-hybridized carbons (Fsp3) is 0.647. The van der Waals surface area contributed by atoms with Gasteiger partial charge in [0.2, 0.25) is 5.91 Å². The molecule has 0 aliphatic carbocycles. The summed E-state index contributed by atoms with van der Waals surface area (Å²) in [6, 6.07) is 2.05. The van der Waals surface area contributed by atoms with Crippen LogP contribution in [0.1, 0.15) is 48.0 Å². The van der Waals surface area contributed by atoms with Gasteiger partial charge in [-0.05, 0) is 52.2 Å². The van der Waals surface area contributed by atoms with E-state index in [4.69, 9.17) is 0 Å². The van der Waals surface area contributed by atoms with Crippen molar-refractivity contribution in [1.82, 2.24) is 15.5 Å². The van der Waals surface area contributed by atoms with Gasteiger partial charge < -0.3 is 15.5 Å². The van der Waals surface area contributed by atoms with E-state index >= 15 is 0 Å². The lowest BCUT2D eigenvalue weighted by atomic mass is 9.97. The van der Waals surface area contributed by atoms with Crippen molar-refractivity contribution in [1.29, 1.82) is 0 Å². The first-order chi connectivity index (χ1) is 10.9. The lowest BCUT2D eigenvalue weighted by Gasteiger charge is -2.33. The Bertz CT molecular complexity index is 570. The molecule has 2 heterocycles. The molecule has 3 amide bonds. The second-order valence-corrected chi connectivity index (χ2v) is 7.68. The van der Waals surface area contributed by atoms with Crippen LogP contribution < -0.4 is 10.6 Å². The predicted octanol–water partition coefficient (Wildman–Crippen LogP) is 2.98. The summed E-state index contributed by atoms with van der Waals surface area (Å²) in [6.45, 7) is 9.95. The number of hydrogen-bond acceptors (Lipinski definition) is 3. The van der Waals surface area contributed by atoms with E-state index in [2.05, 4.69) is 30.5 Å². The second-order valence-electron chi connectivity index (χ2n) is 6.22. The maximum atomic E-state index is 12.5. The molecule has 2 atom stereocenters. The number of rotatable bonds is 4. The fourth-order valence-corrected chi connectivity index (χ4v) is 4.15. The number of amides is 3. The standard InChI is InChI=1S/C17H27N3O2S/c1-5-18-16(21)14-7-6-8-20(10-14)17(22)19-12(3)15-9-11(2)23-13(15)4/h9,12,14H,5-8,10H2,1-4H3,(H,18,21)(H,19,22)/t12-,14+/m1/s1. The van der Waals surface area contributed by atoms with Gasteiger partial charge in [0, 0.05) is 29.4 Å². The number of nitrogens with zero attached hydrogens (tertiary/aromatic N) is 1. The summed E-state index contributed by atoms with van der Waals surface area (Å²) in [4.78, 5) is 28.8. The molecule has 1 fully saturated rings. The zero-order valence-corrected chi connectivity index (χ0v) is 15.3. The summed E-state index contributed by atoms with van der Waals surface area (Å²) < 4.78 is 0. The average Bonchev–Trinajstić information content (AvgIpc) is 2.86. The molecule has 0 aromatic carbocycles. The van der Waals surface area contributed by atoms with Crippen LogP contribution in [0.2, 0.25) is 0 Å². The van der Waals surface area contributed by atoms with Crippen molar-refractivity contribution in [3.8, 4) is 0 Å². The van der Waals surface area contributed by atoms with Crippen molar-refractivity contribution in [2.75, 3.05) is 19.6 Å². The van der Waals surface area contributed by atoms with Crippen LogP contribution in [0.15, 0.2) is 6.07 Å². The number of urea groups is 1. The summed E-state index contributed by atoms with van der Waals surface area (Å²) in [6.07, 6.45) is 1.73. The number of piperidine rings is 1. The number of likely N-dealkylation sites (tertiary alicyclic amines) is 1. The van der Waals surface area contributed by atoms with Crippen LogP contribution in [0.25, 0.3) is 0 Å². The Hall–Kier alpha value is -1.56. The maximum Gasteiger partial charge on any atom is 0.317 e. The van der Waals surface area contributed by atoms with E-state index in [9.17, 15) is 9.59 Å². The highest BCUT2D eigenvalue weighted by atomic mass is 32.1. The second kappa shape index (κ2) is 7.81. The third-order valence-corrected chi connectivity index (χ3v) is 5.30. The number of nitrogens with one attached hydrogen (secondary N) is 2. The van der Waals surface area contributed by atoms with E-state index in [1.165, 1.54) is 15.3 Å². The monoisotopic (exact) mass is 337 g/mol. The SMILES string of the molecule is CCNC(=O)[C@H]1CCCN(C(=O)N[C@H](C)c2cc(C)sc2C)C1. The van der Waals surface area contributed by atoms with Crippen molar-refractivity contribution in [2.45, 2.75) is 46.6 Å². The highest BCUT2D eigenvalue weighted by molar-refractivity contribution is 7.12. The van der Waals surface area contributed by atoms with Gasteiger partial charge >= 0.3 is 6.03 Å². The van der Waals surface area contributed by atoms with E-state index in [1.54, 1.807) is 16.2 Å². The van der Waals surface area contributed by atoms with Gasteiger partial charge in [-0.3, -0.25) is 4.79 Å². The van der Waals surface area contributed by atoms with Gasteiger partial charge in [0.05, 0.1) is 12.0 Å². The summed E-state index contributed by atoms with van der Waals surface area (Å²) >= 11 is 1.75. The van der Waals surface area contributed by atoms with E-state index in [1.807, 2.05) is 13.8 Å². The van der Waals surface area contributed by atoms with Crippen molar-refractivity contribution in [3.05, 3.63) is 21.4 Å². The lowest BCUT2D eigenvalue weighted by molar-refractivity contribution is -0.126. The van der Waals surface area contributed by atoms with Gasteiger partial charge in [0.25, 0.3) is 0 Å². The van der Waals surface area contributed by atoms with Crippen LogP contribution in [-0.4, -0.2) is 36.5 Å². The molecular weight excluding hydrogens is 310 g/mol. The van der Waals surface area contributed by atoms with Gasteiger partial charge in [-0.2, -0.15) is 0 Å². The van der Waals surface area contributed by atoms with Gasteiger partial charge in [0.15, 0.2) is 0 Å². The first-order valence-electron chi connectivity index (χ1n) is 8.32. The molecule has 1 aliphatic heterocycles. The number of carbonyl (C=O) groups excluding carboxylic acids is 2. The first kappa shape index (κ1) is 17.8. The minimum Gasteiger partial charge on any atom is -0.356 e. The molecular formula is C17H27N3O2S. The maximum absolute atomic E-state index is 12.5. The van der Waals surface area contributed by atoms with Crippen molar-refractivity contribution < 1.29 is 9.59 Å². The number of aryl methyl sites for hydroxylation is 2. The molecule has 1 aromatic heterocycles. The molecule has 128 valence electrons. The molecule has 1 aromatic rings. The predicted molar refractivity (Wildman–Crippen MR) is 93.7 cm³/mol. The summed E-state index contributed by atoms with van der Waals surface area (Å²) in [5.74, 6) is -0.0303. The van der Waals surface area contributed by atoms with Gasteiger partial charge in [0.1, 0.15) is 0 Å². The Labute approximate surface area is 142 Å². The third kappa shape index (κ3) is 4.47. The van der Waals surface area contributed by atoms with E-state index in [0.29, 0.717) is 13.1 Å². The Morgan fingerprint density at radius 3 is 2.78 bits per heavy atom. The van der Waals surface area contributed by atoms with Crippen molar-refractivity contribution >= 4 is 23.3 Å². The lowest BCUT2D eigenvalue weighted by Crippen LogP contribution is -2.49. The zero-order chi connectivity index (χ0) is 17.0. The highest BCUT2D eigenvalue weighted by Crippen LogP contribution is 2.26. The fourth-order valence-electron chi connectivity index (χ4n) is 3.13. The Morgan fingerprint density at radius 1 is 1.43 bits per heavy atom. The summed E-state index contributed by atoms with van der Waals surface area (Å²) in [5, 5.41) is 5.93. The van der Waals surface area contributed by atoms with Gasteiger partial charge in [-0.25, -0.2) is 4.79 Å². The molecule has 0 saturated carbocycles. The molecule has 1 aliphatic rings. The third-order valence-electron chi connectivity index (χ3n) is 4.32. The summed E-state index contributed by atoms with van der Waals surface area (Å²) in [5.41, 5.74) is 1.18. The van der Waals surface area contributed by atoms with Crippen LogP contribution in [-0.2, 0) is 4.79 Å². The molecule has 23 heavy (non-hydrogen) atoms. The smallest absolute Gasteiger partial charge is 0.317 e. The molecule has 2 rings (SSSR count). The minimum atomic E-state index is -0.0881. The van der Waals surface area contributed by atoms with Crippen molar-refractivity contribution in [3.63, 3.8) is 0 Å². The summed E-state index contributed by atoms with van der Waals surface area (Å²) in [7, 11) is 0. The molecule has 0 unspecified atom stereocenters. The van der Waals surface area contributed by atoms with E-state index in [-0.39, 0.29) is 23.9 Å².